The number of hydrogen-bond donors (Lipinski definition) is 1. The smallest absolute Gasteiger partial charge is 0.253 e. The zero-order valence-corrected chi connectivity index (χ0v) is 17.1. The van der Waals surface area contributed by atoms with Crippen LogP contribution < -0.4 is 0 Å². The summed E-state index contributed by atoms with van der Waals surface area (Å²) in [6.45, 7) is 6.92. The van der Waals surface area contributed by atoms with Crippen LogP contribution in [0.3, 0.4) is 0 Å². The number of nitrogens with zero attached hydrogens (tertiary/aromatic N) is 3. The summed E-state index contributed by atoms with van der Waals surface area (Å²) >= 11 is 0. The van der Waals surface area contributed by atoms with E-state index in [-0.39, 0.29) is 11.8 Å². The lowest BCUT2D eigenvalue weighted by Crippen LogP contribution is -2.39. The van der Waals surface area contributed by atoms with Crippen molar-refractivity contribution in [3.05, 3.63) is 35.4 Å². The maximum atomic E-state index is 12.8. The first-order valence-corrected chi connectivity index (χ1v) is 9.69. The van der Waals surface area contributed by atoms with Crippen LogP contribution in [0.2, 0.25) is 0 Å². The standard InChI is InChI=1S/C21H33N3O3/c1-21(2,27)11-10-17-6-8-18(9-7-17)20(26)24-13-5-12-23(14-15-24)16-19(25)22(3)4/h6-9,27H,5,10-16H2,1-4H3. The molecule has 1 N–H and O–H groups in total. The summed E-state index contributed by atoms with van der Waals surface area (Å²) in [6, 6.07) is 7.69. The number of amides is 2. The first-order valence-electron chi connectivity index (χ1n) is 9.69. The number of benzene rings is 1. The molecule has 2 rings (SSSR count). The van der Waals surface area contributed by atoms with Gasteiger partial charge in [-0.2, -0.15) is 0 Å². The lowest BCUT2D eigenvalue weighted by atomic mass is 9.98. The quantitative estimate of drug-likeness (QED) is 0.821. The third-order valence-corrected chi connectivity index (χ3v) is 4.96. The summed E-state index contributed by atoms with van der Waals surface area (Å²) in [4.78, 5) is 30.3. The predicted octanol–water partition coefficient (Wildman–Crippen LogP) is 1.63. The molecule has 1 aliphatic rings. The molecule has 0 spiro atoms. The zero-order chi connectivity index (χ0) is 20.0. The first-order chi connectivity index (χ1) is 12.7. The fourth-order valence-corrected chi connectivity index (χ4v) is 3.11. The van der Waals surface area contributed by atoms with E-state index in [0.29, 0.717) is 31.6 Å². The average Bonchev–Trinajstić information content (AvgIpc) is 2.84. The number of carbonyl (C=O) groups excluding carboxylic acids is 2. The number of likely N-dealkylation sites (N-methyl/N-ethyl adjacent to an activating group) is 1. The number of carbonyl (C=O) groups is 2. The molecule has 27 heavy (non-hydrogen) atoms. The Morgan fingerprint density at radius 1 is 1.07 bits per heavy atom. The van der Waals surface area contributed by atoms with Gasteiger partial charge in [0.15, 0.2) is 0 Å². The van der Waals surface area contributed by atoms with E-state index in [9.17, 15) is 14.7 Å². The van der Waals surface area contributed by atoms with Gasteiger partial charge >= 0.3 is 0 Å². The molecule has 0 saturated carbocycles. The molecule has 6 nitrogen and oxygen atoms in total. The molecule has 1 fully saturated rings. The minimum atomic E-state index is -0.680. The van der Waals surface area contributed by atoms with Crippen LogP contribution >= 0.6 is 0 Å². The maximum absolute atomic E-state index is 12.8. The van der Waals surface area contributed by atoms with Gasteiger partial charge in [0, 0.05) is 45.8 Å². The Hall–Kier alpha value is -1.92. The highest BCUT2D eigenvalue weighted by molar-refractivity contribution is 5.94. The molecule has 1 aromatic carbocycles. The SMILES string of the molecule is CN(C)C(=O)CN1CCCN(C(=O)c2ccc(CCC(C)(C)O)cc2)CC1. The van der Waals surface area contributed by atoms with Crippen LogP contribution in [0, 0.1) is 0 Å². The van der Waals surface area contributed by atoms with E-state index in [1.165, 1.54) is 0 Å². The van der Waals surface area contributed by atoms with Gasteiger partial charge in [-0.15, -0.1) is 0 Å². The van der Waals surface area contributed by atoms with E-state index < -0.39 is 5.60 Å². The van der Waals surface area contributed by atoms with E-state index in [2.05, 4.69) is 4.90 Å². The molecule has 1 aromatic rings. The molecule has 2 amide bonds. The summed E-state index contributed by atoms with van der Waals surface area (Å²) in [5, 5.41) is 9.84. The van der Waals surface area contributed by atoms with Gasteiger partial charge in [-0.3, -0.25) is 14.5 Å². The van der Waals surface area contributed by atoms with Crippen LogP contribution in [-0.2, 0) is 11.2 Å². The molecular weight excluding hydrogens is 342 g/mol. The molecule has 0 atom stereocenters. The Kier molecular flexibility index (Phi) is 7.39. The molecule has 0 radical (unpaired) electrons. The molecule has 6 heteroatoms. The zero-order valence-electron chi connectivity index (χ0n) is 17.1. The van der Waals surface area contributed by atoms with Crippen molar-refractivity contribution in [2.24, 2.45) is 0 Å². The van der Waals surface area contributed by atoms with Crippen LogP contribution in [-0.4, -0.2) is 84.0 Å². The molecule has 0 aromatic heterocycles. The summed E-state index contributed by atoms with van der Waals surface area (Å²) in [5.41, 5.74) is 1.14. The van der Waals surface area contributed by atoms with Crippen LogP contribution in [0.15, 0.2) is 24.3 Å². The van der Waals surface area contributed by atoms with Gasteiger partial charge < -0.3 is 14.9 Å². The molecule has 1 aliphatic heterocycles. The van der Waals surface area contributed by atoms with Crippen molar-refractivity contribution in [1.82, 2.24) is 14.7 Å². The Morgan fingerprint density at radius 3 is 2.33 bits per heavy atom. The van der Waals surface area contributed by atoms with Crippen molar-refractivity contribution in [1.29, 1.82) is 0 Å². The van der Waals surface area contributed by atoms with E-state index in [0.717, 1.165) is 31.5 Å². The van der Waals surface area contributed by atoms with Gasteiger partial charge in [-0.05, 0) is 50.8 Å². The second-order valence-corrected chi connectivity index (χ2v) is 8.22. The van der Waals surface area contributed by atoms with Crippen molar-refractivity contribution in [2.75, 3.05) is 46.8 Å². The number of aliphatic hydroxyl groups is 1. The summed E-state index contributed by atoms with van der Waals surface area (Å²) in [7, 11) is 3.53. The summed E-state index contributed by atoms with van der Waals surface area (Å²) in [6.07, 6.45) is 2.35. The highest BCUT2D eigenvalue weighted by Gasteiger charge is 2.22. The second kappa shape index (κ2) is 9.33. The average molecular weight is 376 g/mol. The molecular formula is C21H33N3O3. The second-order valence-electron chi connectivity index (χ2n) is 8.22. The van der Waals surface area contributed by atoms with Crippen LogP contribution in [0.25, 0.3) is 0 Å². The Bertz CT molecular complexity index is 635. The Labute approximate surface area is 162 Å². The van der Waals surface area contributed by atoms with Crippen LogP contribution in [0.5, 0.6) is 0 Å². The van der Waals surface area contributed by atoms with Gasteiger partial charge in [-0.1, -0.05) is 12.1 Å². The lowest BCUT2D eigenvalue weighted by Gasteiger charge is -2.23. The number of aryl methyl sites for hydroxylation is 1. The van der Waals surface area contributed by atoms with Crippen molar-refractivity contribution in [3.63, 3.8) is 0 Å². The van der Waals surface area contributed by atoms with Crippen LogP contribution in [0.1, 0.15) is 42.6 Å². The van der Waals surface area contributed by atoms with E-state index in [1.807, 2.05) is 29.2 Å². The molecule has 150 valence electrons. The third-order valence-electron chi connectivity index (χ3n) is 4.96. The molecule has 1 heterocycles. The molecule has 0 unspecified atom stereocenters. The molecule has 0 bridgehead atoms. The van der Waals surface area contributed by atoms with E-state index >= 15 is 0 Å². The van der Waals surface area contributed by atoms with Crippen molar-refractivity contribution >= 4 is 11.8 Å². The largest absolute Gasteiger partial charge is 0.390 e. The third kappa shape index (κ3) is 6.96. The molecule has 0 aliphatic carbocycles. The van der Waals surface area contributed by atoms with Gasteiger partial charge in [0.2, 0.25) is 5.91 Å². The Balaban J connectivity index is 1.90. The van der Waals surface area contributed by atoms with Gasteiger partial charge in [0.25, 0.3) is 5.91 Å². The van der Waals surface area contributed by atoms with Gasteiger partial charge in [-0.25, -0.2) is 0 Å². The lowest BCUT2D eigenvalue weighted by molar-refractivity contribution is -0.129. The minimum Gasteiger partial charge on any atom is -0.390 e. The van der Waals surface area contributed by atoms with Crippen molar-refractivity contribution in [2.45, 2.75) is 38.7 Å². The van der Waals surface area contributed by atoms with Crippen molar-refractivity contribution in [3.8, 4) is 0 Å². The minimum absolute atomic E-state index is 0.0461. The van der Waals surface area contributed by atoms with Gasteiger partial charge in [0.1, 0.15) is 0 Å². The number of rotatable bonds is 6. The fraction of sp³-hybridized carbons (Fsp3) is 0.619. The van der Waals surface area contributed by atoms with E-state index in [1.54, 1.807) is 32.8 Å². The van der Waals surface area contributed by atoms with Gasteiger partial charge in [0.05, 0.1) is 12.1 Å². The first kappa shape index (κ1) is 21.4. The van der Waals surface area contributed by atoms with E-state index in [4.69, 9.17) is 0 Å². The van der Waals surface area contributed by atoms with Crippen molar-refractivity contribution < 1.29 is 14.7 Å². The Morgan fingerprint density at radius 2 is 1.74 bits per heavy atom. The highest BCUT2D eigenvalue weighted by atomic mass is 16.3. The maximum Gasteiger partial charge on any atom is 0.253 e. The monoisotopic (exact) mass is 375 g/mol. The highest BCUT2D eigenvalue weighted by Crippen LogP contribution is 2.15. The number of hydrogen-bond acceptors (Lipinski definition) is 4. The summed E-state index contributed by atoms with van der Waals surface area (Å²) < 4.78 is 0. The summed E-state index contributed by atoms with van der Waals surface area (Å²) in [5.74, 6) is 0.140. The fourth-order valence-electron chi connectivity index (χ4n) is 3.11. The topological polar surface area (TPSA) is 64.1 Å². The predicted molar refractivity (Wildman–Crippen MR) is 107 cm³/mol. The van der Waals surface area contributed by atoms with Crippen LogP contribution in [0.4, 0.5) is 0 Å². The normalized spacial score (nSPS) is 16.1. The molecule has 1 saturated heterocycles.